The van der Waals surface area contributed by atoms with Crippen molar-refractivity contribution in [2.45, 2.75) is 81.4 Å². The van der Waals surface area contributed by atoms with Crippen LogP contribution in [-0.4, -0.2) is 131 Å². The number of benzene rings is 7. The lowest BCUT2D eigenvalue weighted by molar-refractivity contribution is 0.589. The maximum atomic E-state index is 13.7. The van der Waals surface area contributed by atoms with Crippen LogP contribution in [0.2, 0.25) is 20.1 Å². The Labute approximate surface area is 719 Å². The van der Waals surface area contributed by atoms with E-state index in [9.17, 15) is 29.6 Å². The fraction of sp³-hybridized carbons (Fsp3) is 0.207. The van der Waals surface area contributed by atoms with Gasteiger partial charge in [0.25, 0.3) is 0 Å². The predicted octanol–water partition coefficient (Wildman–Crippen LogP) is 15.1. The molecule has 6 aromatic heterocycles. The summed E-state index contributed by atoms with van der Waals surface area (Å²) in [6, 6.07) is 49.5. The lowest BCUT2D eigenvalue weighted by atomic mass is 10.0. The van der Waals surface area contributed by atoms with E-state index in [2.05, 4.69) is 86.4 Å². The molecule has 0 radical (unpaired) electrons. The SMILES string of the molecule is Cc1c(F)ccc(-c2cc(NCCc3ccc(S(N)(=O)=O)cc3)nc(N)n2)c1C.Cc1cccc(-c2cc(NCCCCCS(=O)(=O)c3ccc(S(C)(=O)=O)cc3)nc(N)n2)c1C.Nc1nc(NCCc2ccc(Cl)cc2)nc(-c2ccc[nH]2)n1.[2H]C([2H])([2H])Nc1cc(-c2cccc(C)c2Cl)nc(N)n1.[2H]C([2H])([2H])Nc1cc(-c2cccc(Cl)c2Cl)nc(N)n1. The van der Waals surface area contributed by atoms with Gasteiger partial charge in [-0.2, -0.15) is 34.9 Å². The summed E-state index contributed by atoms with van der Waals surface area (Å²) in [5, 5.41) is 21.2. The smallest absolute Gasteiger partial charge is 0.238 e. The van der Waals surface area contributed by atoms with Crippen molar-refractivity contribution in [2.75, 3.05) is 101 Å². The van der Waals surface area contributed by atoms with Crippen LogP contribution in [0.4, 0.5) is 63.4 Å². The fourth-order valence-corrected chi connectivity index (χ4v) is 14.7. The van der Waals surface area contributed by atoms with E-state index in [0.717, 1.165) is 68.9 Å². The first-order chi connectivity index (χ1) is 58.8. The zero-order valence-corrected chi connectivity index (χ0v) is 70.6. The number of anilines is 10. The Morgan fingerprint density at radius 2 is 0.908 bits per heavy atom. The van der Waals surface area contributed by atoms with Crippen molar-refractivity contribution in [1.82, 2.24) is 59.8 Å². The highest BCUT2D eigenvalue weighted by atomic mass is 35.5. The predicted molar refractivity (Wildman–Crippen MR) is 477 cm³/mol. The number of unbranched alkanes of at least 4 members (excludes halogenated alkanes) is 2. The summed E-state index contributed by atoms with van der Waals surface area (Å²) in [5.74, 6) is 2.52. The molecular weight excluding hydrogens is 1660 g/mol. The molecule has 0 aliphatic heterocycles. The number of nitrogens with two attached hydrogens (primary N) is 6. The van der Waals surface area contributed by atoms with Crippen molar-refractivity contribution in [3.8, 4) is 56.5 Å². The number of nitrogens with zero attached hydrogens (tertiary/aromatic N) is 11. The molecule has 13 rings (SSSR count). The Morgan fingerprint density at radius 3 is 1.45 bits per heavy atom. The number of primary sulfonamides is 1. The topological polar surface area (TPSA) is 476 Å². The molecule has 0 unspecified atom stereocenters. The zero-order valence-electron chi connectivity index (χ0n) is 71.1. The molecule has 0 saturated heterocycles. The maximum Gasteiger partial charge on any atom is 0.238 e. The second kappa shape index (κ2) is 41.9. The maximum absolute atomic E-state index is 13.7. The lowest BCUT2D eigenvalue weighted by Crippen LogP contribution is -2.12. The number of aromatic amines is 1. The monoisotopic (exact) mass is 1750 g/mol. The number of hydrogen-bond donors (Lipinski definition) is 12. The molecule has 0 spiro atoms. The van der Waals surface area contributed by atoms with Crippen LogP contribution in [0.5, 0.6) is 0 Å². The number of aryl methyl sites for hydroxylation is 2. The number of rotatable bonds is 25. The zero-order chi connectivity index (χ0) is 91.3. The van der Waals surface area contributed by atoms with E-state index in [0.29, 0.717) is 111 Å². The Hall–Kier alpha value is -12.0. The van der Waals surface area contributed by atoms with Crippen molar-refractivity contribution in [3.05, 3.63) is 247 Å². The summed E-state index contributed by atoms with van der Waals surface area (Å²) in [4.78, 5) is 48.8. The van der Waals surface area contributed by atoms with E-state index >= 15 is 0 Å². The summed E-state index contributed by atoms with van der Waals surface area (Å²) >= 11 is 24.1. The highest BCUT2D eigenvalue weighted by molar-refractivity contribution is 7.91. The molecule has 0 fully saturated rings. The van der Waals surface area contributed by atoms with E-state index in [1.54, 1.807) is 55.5 Å². The van der Waals surface area contributed by atoms with Gasteiger partial charge >= 0.3 is 0 Å². The minimum atomic E-state index is -3.70. The number of aromatic nitrogens is 12. The third kappa shape index (κ3) is 26.5. The highest BCUT2D eigenvalue weighted by Gasteiger charge is 2.19. The van der Waals surface area contributed by atoms with Gasteiger partial charge in [0.05, 0.1) is 64.0 Å². The van der Waals surface area contributed by atoms with Gasteiger partial charge in [-0.25, -0.2) is 54.7 Å². The minimum Gasteiger partial charge on any atom is -0.373 e. The van der Waals surface area contributed by atoms with Crippen LogP contribution < -0.4 is 60.4 Å². The number of hydrogen-bond acceptors (Lipinski definition) is 27. The number of halogens is 5. The van der Waals surface area contributed by atoms with E-state index in [4.69, 9.17) is 88.4 Å². The third-order valence-corrected chi connectivity index (χ3v) is 23.3. The molecule has 29 nitrogen and oxygen atoms in total. The van der Waals surface area contributed by atoms with Crippen molar-refractivity contribution in [2.24, 2.45) is 5.14 Å². The Kier molecular flexibility index (Phi) is 29.0. The third-order valence-electron chi connectivity index (χ3n) is 17.9. The normalized spacial score (nSPS) is 12.1. The van der Waals surface area contributed by atoms with Crippen molar-refractivity contribution in [1.29, 1.82) is 0 Å². The molecule has 0 amide bonds. The van der Waals surface area contributed by atoms with Crippen LogP contribution >= 0.6 is 46.4 Å². The first-order valence-corrected chi connectivity index (χ1v) is 42.9. The molecule has 7 aromatic carbocycles. The van der Waals surface area contributed by atoms with Crippen LogP contribution in [-0.2, 0) is 42.5 Å². The second-order valence-electron chi connectivity index (χ2n) is 26.5. The van der Waals surface area contributed by atoms with Crippen LogP contribution in [0.25, 0.3) is 56.5 Å². The Bertz CT molecular complexity index is 6180. The molecule has 13 aromatic rings. The van der Waals surface area contributed by atoms with E-state index in [1.807, 2.05) is 107 Å². The summed E-state index contributed by atoms with van der Waals surface area (Å²) in [6.07, 6.45) is 6.33. The average molecular weight is 1760 g/mol. The van der Waals surface area contributed by atoms with Gasteiger partial charge in [-0.15, -0.1) is 0 Å². The van der Waals surface area contributed by atoms with E-state index in [1.165, 1.54) is 65.7 Å². The van der Waals surface area contributed by atoms with E-state index in [-0.39, 0.29) is 67.6 Å². The number of H-pyrrole nitrogens is 1. The number of nitrogen functional groups attached to an aromatic ring is 5. The summed E-state index contributed by atoms with van der Waals surface area (Å²) in [5.41, 5.74) is 41.4. The number of sulfonamides is 1. The van der Waals surface area contributed by atoms with Crippen molar-refractivity contribution >= 4 is 135 Å². The average Bonchev–Trinajstić information content (AvgIpc) is 1.10. The second-order valence-corrected chi connectivity index (χ2v) is 33.8. The van der Waals surface area contributed by atoms with Crippen LogP contribution in [0.15, 0.2) is 197 Å². The minimum absolute atomic E-state index is 0.00244. The highest BCUT2D eigenvalue weighted by Crippen LogP contribution is 2.35. The van der Waals surface area contributed by atoms with Crippen molar-refractivity contribution < 1.29 is 37.9 Å². The van der Waals surface area contributed by atoms with Crippen molar-refractivity contribution in [3.63, 3.8) is 0 Å². The Balaban J connectivity index is 0.000000180. The molecular formula is C82H90Cl4FN23O6S3. The van der Waals surface area contributed by atoms with Crippen LogP contribution in [0.3, 0.4) is 0 Å². The Morgan fingerprint density at radius 1 is 0.437 bits per heavy atom. The van der Waals surface area contributed by atoms with Gasteiger partial charge in [0, 0.05) is 106 Å². The van der Waals surface area contributed by atoms with Gasteiger partial charge in [0.2, 0.25) is 45.7 Å². The molecule has 0 bridgehead atoms. The van der Waals surface area contributed by atoms with Gasteiger partial charge in [-0.1, -0.05) is 126 Å². The standard InChI is InChI=1S/C24H30N4O4S2.C20H22FN5O2S.C15H15ClN6.C12H13ClN4.C11H10Cl2N4/c1-17-8-7-9-21(18(17)2)22-16-23(28-24(25)27-22)26-14-5-4-6-15-34(31,32)20-12-10-19(11-13-20)33(3,29)30;1-12-13(2)17(21)8-7-16(12)18-11-19(26-20(22)25-18)24-10-9-14-3-5-15(6-4-14)29(23,27)28;16-11-5-3-10(4-6-11)7-9-19-15-21-13(20-14(17)22-15)12-2-1-8-18-12;1-7-4-3-5-8(11(7)13)9-6-10(15-2)17-12(14)16-9;1-15-9-5-8(16-11(14)17-9)6-3-2-4-7(12)10(6)13/h7-13,16H,4-6,14-15H2,1-3H3,(H3,25,26,27,28);3-8,11H,9-10H2,1-2H3,(H2,23,27,28)(H3,22,24,25,26);1-6,8,18H,7,9H2,(H3,17,19,20,21,22);3-6H,1-2H3,(H3,14,15,16,17);2-5H,1H3,(H3,14,15,16,17)/i;;;2D3;1D3. The molecule has 6 heterocycles. The fourth-order valence-electron chi connectivity index (χ4n) is 11.4. The van der Waals surface area contributed by atoms with Gasteiger partial charge in [-0.3, -0.25) is 0 Å². The first kappa shape index (κ1) is 82.2. The molecule has 0 atom stereocenters. The first-order valence-electron chi connectivity index (χ1n) is 39.3. The summed E-state index contributed by atoms with van der Waals surface area (Å²) in [6.45, 7) is 6.65. The number of sulfone groups is 2. The lowest BCUT2D eigenvalue weighted by Gasteiger charge is -2.12. The molecule has 0 saturated carbocycles. The van der Waals surface area contributed by atoms with Gasteiger partial charge < -0.3 is 60.2 Å². The van der Waals surface area contributed by atoms with Gasteiger partial charge in [0.15, 0.2) is 25.5 Å². The molecule has 0 aliphatic carbocycles. The quantitative estimate of drug-likeness (QED) is 0.0236. The van der Waals surface area contributed by atoms with Crippen LogP contribution in [0, 0.1) is 40.4 Å². The summed E-state index contributed by atoms with van der Waals surface area (Å²) < 4.78 is 128. The molecule has 0 aliphatic rings. The molecule has 119 heavy (non-hydrogen) atoms. The molecule has 18 N–H and O–H groups in total. The molecule has 622 valence electrons. The summed E-state index contributed by atoms with van der Waals surface area (Å²) in [7, 11) is -10.5. The number of nitrogens with one attached hydrogen (secondary N) is 6. The largest absolute Gasteiger partial charge is 0.373 e. The van der Waals surface area contributed by atoms with E-state index < -0.39 is 43.6 Å². The van der Waals surface area contributed by atoms with Gasteiger partial charge in [0.1, 0.15) is 29.1 Å². The van der Waals surface area contributed by atoms with Crippen LogP contribution in [0.1, 0.15) is 66.4 Å². The molecule has 37 heteroatoms. The van der Waals surface area contributed by atoms with Gasteiger partial charge in [-0.05, 0) is 178 Å².